The van der Waals surface area contributed by atoms with Crippen LogP contribution >= 0.6 is 0 Å². The van der Waals surface area contributed by atoms with Gasteiger partial charge in [0.2, 0.25) is 0 Å². The van der Waals surface area contributed by atoms with Crippen LogP contribution in [-0.2, 0) is 9.47 Å². The fourth-order valence-electron chi connectivity index (χ4n) is 1.82. The van der Waals surface area contributed by atoms with Crippen molar-refractivity contribution in [1.29, 1.82) is 0 Å². The van der Waals surface area contributed by atoms with Gasteiger partial charge in [-0.2, -0.15) is 4.99 Å². The highest BCUT2D eigenvalue weighted by Gasteiger charge is 2.50. The topological polar surface area (TPSA) is 73.9 Å². The minimum atomic E-state index is -0.685. The van der Waals surface area contributed by atoms with Crippen molar-refractivity contribution in [2.24, 2.45) is 16.6 Å². The number of carbonyl (C=O) groups excluding carboxylic acids is 1. The first-order chi connectivity index (χ1) is 6.15. The Morgan fingerprint density at radius 2 is 2.46 bits per heavy atom. The first kappa shape index (κ1) is 8.50. The lowest BCUT2D eigenvalue weighted by Crippen LogP contribution is -2.53. The van der Waals surface area contributed by atoms with E-state index >= 15 is 0 Å². The average Bonchev–Trinajstić information content (AvgIpc) is 2.35. The summed E-state index contributed by atoms with van der Waals surface area (Å²) >= 11 is 0. The van der Waals surface area contributed by atoms with Crippen molar-refractivity contribution in [2.45, 2.75) is 18.9 Å². The Morgan fingerprint density at radius 3 is 3.00 bits per heavy atom. The lowest BCUT2D eigenvalue weighted by molar-refractivity contribution is -0.0612. The van der Waals surface area contributed by atoms with Gasteiger partial charge < -0.3 is 15.2 Å². The van der Waals surface area contributed by atoms with E-state index in [1.807, 2.05) is 6.92 Å². The summed E-state index contributed by atoms with van der Waals surface area (Å²) in [5.41, 5.74) is 4.99. The highest BCUT2D eigenvalue weighted by Crippen LogP contribution is 2.34. The van der Waals surface area contributed by atoms with Crippen LogP contribution in [0.1, 0.15) is 13.3 Å². The first-order valence-electron chi connectivity index (χ1n) is 4.30. The number of hydrogen-bond acceptors (Lipinski definition) is 4. The Balaban J connectivity index is 2.29. The normalized spacial score (nSPS) is 39.0. The second kappa shape index (κ2) is 2.70. The molecular weight excluding hydrogens is 172 g/mol. The highest BCUT2D eigenvalue weighted by molar-refractivity contribution is 6.02. The van der Waals surface area contributed by atoms with Crippen molar-refractivity contribution in [1.82, 2.24) is 0 Å². The van der Waals surface area contributed by atoms with Gasteiger partial charge in [0, 0.05) is 12.3 Å². The van der Waals surface area contributed by atoms with Crippen molar-refractivity contribution >= 4 is 11.9 Å². The molecule has 2 heterocycles. The zero-order valence-electron chi connectivity index (χ0n) is 7.45. The average molecular weight is 184 g/mol. The van der Waals surface area contributed by atoms with Crippen LogP contribution in [0.3, 0.4) is 0 Å². The van der Waals surface area contributed by atoms with Crippen molar-refractivity contribution in [3.05, 3.63) is 0 Å². The van der Waals surface area contributed by atoms with Gasteiger partial charge in [0.1, 0.15) is 0 Å². The quantitative estimate of drug-likeness (QED) is 0.587. The monoisotopic (exact) mass is 184 g/mol. The van der Waals surface area contributed by atoms with Crippen LogP contribution in [0.25, 0.3) is 0 Å². The van der Waals surface area contributed by atoms with Crippen LogP contribution < -0.4 is 5.73 Å². The lowest BCUT2D eigenvalue weighted by atomic mass is 9.84. The zero-order valence-corrected chi connectivity index (χ0v) is 7.45. The number of rotatable bonds is 0. The molecule has 2 aliphatic heterocycles. The maximum absolute atomic E-state index is 10.9. The van der Waals surface area contributed by atoms with Gasteiger partial charge in [0.05, 0.1) is 13.2 Å². The molecule has 1 spiro atoms. The molecular formula is C8H12N2O3. The first-order valence-corrected chi connectivity index (χ1v) is 4.30. The second-order valence-electron chi connectivity index (χ2n) is 3.48. The summed E-state index contributed by atoms with van der Waals surface area (Å²) in [5, 5.41) is 0. The predicted molar refractivity (Wildman–Crippen MR) is 45.4 cm³/mol. The zero-order chi connectivity index (χ0) is 9.47. The smallest absolute Gasteiger partial charge is 0.433 e. The van der Waals surface area contributed by atoms with E-state index < -0.39 is 11.7 Å². The summed E-state index contributed by atoms with van der Waals surface area (Å²) in [4.78, 5) is 14.5. The van der Waals surface area contributed by atoms with Crippen LogP contribution in [-0.4, -0.2) is 30.7 Å². The molecule has 0 aromatic rings. The van der Waals surface area contributed by atoms with Crippen molar-refractivity contribution in [2.75, 3.05) is 13.2 Å². The highest BCUT2D eigenvalue weighted by atomic mass is 16.6. The molecule has 0 saturated carbocycles. The van der Waals surface area contributed by atoms with E-state index in [9.17, 15) is 4.79 Å². The van der Waals surface area contributed by atoms with Gasteiger partial charge in [-0.3, -0.25) is 0 Å². The molecule has 5 nitrogen and oxygen atoms in total. The molecule has 0 bridgehead atoms. The molecule has 0 aliphatic carbocycles. The van der Waals surface area contributed by atoms with Crippen molar-refractivity contribution < 1.29 is 14.3 Å². The van der Waals surface area contributed by atoms with E-state index in [1.165, 1.54) is 0 Å². The van der Waals surface area contributed by atoms with E-state index in [0.29, 0.717) is 25.5 Å². The van der Waals surface area contributed by atoms with Gasteiger partial charge in [0.25, 0.3) is 0 Å². The molecule has 0 radical (unpaired) electrons. The molecule has 1 amide bonds. The third kappa shape index (κ3) is 1.11. The second-order valence-corrected chi connectivity index (χ2v) is 3.48. The number of amides is 1. The molecule has 0 aromatic heterocycles. The fraction of sp³-hybridized carbons (Fsp3) is 0.750. The molecule has 0 aromatic carbocycles. The van der Waals surface area contributed by atoms with Crippen molar-refractivity contribution in [3.8, 4) is 0 Å². The van der Waals surface area contributed by atoms with E-state index in [2.05, 4.69) is 4.99 Å². The van der Waals surface area contributed by atoms with Crippen LogP contribution in [0.2, 0.25) is 0 Å². The van der Waals surface area contributed by atoms with Crippen LogP contribution in [0.4, 0.5) is 4.79 Å². The van der Waals surface area contributed by atoms with Crippen LogP contribution in [0, 0.1) is 5.92 Å². The number of hydrogen-bond donors (Lipinski definition) is 1. The summed E-state index contributed by atoms with van der Waals surface area (Å²) in [6.07, 6.45) is 0.0288. The summed E-state index contributed by atoms with van der Waals surface area (Å²) in [7, 11) is 0. The Hall–Kier alpha value is -1.10. The van der Waals surface area contributed by atoms with Gasteiger partial charge >= 0.3 is 6.09 Å². The number of nitrogens with two attached hydrogens (primary N) is 1. The molecule has 2 unspecified atom stereocenters. The van der Waals surface area contributed by atoms with E-state index in [4.69, 9.17) is 15.2 Å². The van der Waals surface area contributed by atoms with Crippen molar-refractivity contribution in [3.63, 3.8) is 0 Å². The van der Waals surface area contributed by atoms with Gasteiger partial charge in [-0.05, 0) is 0 Å². The molecule has 2 N–H and O–H groups in total. The maximum atomic E-state index is 10.9. The number of amidine groups is 1. The maximum Gasteiger partial charge on any atom is 0.436 e. The summed E-state index contributed by atoms with van der Waals surface area (Å²) < 4.78 is 10.4. The molecule has 2 aliphatic rings. The number of nitrogens with zero attached hydrogens (tertiary/aromatic N) is 1. The summed E-state index contributed by atoms with van der Waals surface area (Å²) in [6, 6.07) is 0. The SMILES string of the molecule is CC1COCCC12OC(=O)N=C2N. The third-order valence-electron chi connectivity index (χ3n) is 2.70. The summed E-state index contributed by atoms with van der Waals surface area (Å²) in [5.74, 6) is 0.379. The minimum Gasteiger partial charge on any atom is -0.433 e. The van der Waals surface area contributed by atoms with Gasteiger partial charge in [-0.15, -0.1) is 0 Å². The number of ether oxygens (including phenoxy) is 2. The van der Waals surface area contributed by atoms with E-state index in [1.54, 1.807) is 0 Å². The molecule has 72 valence electrons. The number of carbonyl (C=O) groups is 1. The lowest BCUT2D eigenvalue weighted by Gasteiger charge is -2.36. The largest absolute Gasteiger partial charge is 0.436 e. The Morgan fingerprint density at radius 1 is 1.69 bits per heavy atom. The van der Waals surface area contributed by atoms with E-state index in [-0.39, 0.29) is 5.92 Å². The van der Waals surface area contributed by atoms with Gasteiger partial charge in [0.15, 0.2) is 11.4 Å². The van der Waals surface area contributed by atoms with Gasteiger partial charge in [-0.1, -0.05) is 6.92 Å². The minimum absolute atomic E-state index is 0.0800. The Labute approximate surface area is 75.9 Å². The standard InChI is InChI=1S/C8H12N2O3/c1-5-4-12-3-2-8(5)6(9)10-7(11)13-8/h5H,2-4H2,1H3,(H2,9,10,11). The molecule has 5 heteroatoms. The van der Waals surface area contributed by atoms with E-state index in [0.717, 1.165) is 0 Å². The molecule has 1 fully saturated rings. The fourth-order valence-corrected chi connectivity index (χ4v) is 1.82. The molecule has 2 rings (SSSR count). The van der Waals surface area contributed by atoms with Gasteiger partial charge in [-0.25, -0.2) is 4.79 Å². The third-order valence-corrected chi connectivity index (χ3v) is 2.70. The van der Waals surface area contributed by atoms with Crippen LogP contribution in [0.5, 0.6) is 0 Å². The molecule has 1 saturated heterocycles. The summed E-state index contributed by atoms with van der Waals surface area (Å²) in [6.45, 7) is 3.07. The predicted octanol–water partition coefficient (Wildman–Crippen LogP) is 0.289. The Bertz CT molecular complexity index is 277. The molecule has 13 heavy (non-hydrogen) atoms. The Kier molecular flexibility index (Phi) is 1.76. The molecule has 2 atom stereocenters. The van der Waals surface area contributed by atoms with Crippen LogP contribution in [0.15, 0.2) is 4.99 Å². The number of aliphatic imine (C=N–C) groups is 1.